The highest BCUT2D eigenvalue weighted by molar-refractivity contribution is 5.86. The van der Waals surface area contributed by atoms with E-state index < -0.39 is 17.0 Å². The number of aryl methyl sites for hydroxylation is 1. The number of rotatable bonds is 2. The van der Waals surface area contributed by atoms with Gasteiger partial charge in [-0.2, -0.15) is 0 Å². The fourth-order valence-electron chi connectivity index (χ4n) is 4.65. The molecule has 0 fully saturated rings. The predicted octanol–water partition coefficient (Wildman–Crippen LogP) is 6.64. The quantitative estimate of drug-likeness (QED) is 0.328. The van der Waals surface area contributed by atoms with Crippen molar-refractivity contribution >= 4 is 0 Å². The van der Waals surface area contributed by atoms with E-state index >= 15 is 4.39 Å². The summed E-state index contributed by atoms with van der Waals surface area (Å²) in [5.74, 6) is -1.07. The third kappa shape index (κ3) is 2.21. The van der Waals surface area contributed by atoms with Crippen LogP contribution in [0.3, 0.4) is 0 Å². The lowest BCUT2D eigenvalue weighted by Crippen LogP contribution is -2.29. The second-order valence-electron chi connectivity index (χ2n) is 7.34. The fraction of sp³-hybridized carbons (Fsp3) is 0.0769. The summed E-state index contributed by atoms with van der Waals surface area (Å²) in [6, 6.07) is 28.4. The molecule has 0 radical (unpaired) electrons. The van der Waals surface area contributed by atoms with Crippen molar-refractivity contribution in [3.63, 3.8) is 0 Å². The largest absolute Gasteiger partial charge is 0.207 e. The molecule has 1 aliphatic carbocycles. The minimum Gasteiger partial charge on any atom is -0.207 e. The van der Waals surface area contributed by atoms with Crippen LogP contribution in [0.5, 0.6) is 0 Å². The molecule has 4 aromatic carbocycles. The molecule has 0 spiro atoms. The van der Waals surface area contributed by atoms with Crippen LogP contribution in [0.4, 0.5) is 8.78 Å². The molecular formula is C26H18F2. The van der Waals surface area contributed by atoms with Crippen molar-refractivity contribution in [1.29, 1.82) is 0 Å². The molecule has 0 saturated carbocycles. The molecule has 0 atom stereocenters. The molecule has 28 heavy (non-hydrogen) atoms. The Balaban J connectivity index is 2.02. The predicted molar refractivity (Wildman–Crippen MR) is 108 cm³/mol. The van der Waals surface area contributed by atoms with Gasteiger partial charge in [-0.15, -0.1) is 0 Å². The molecule has 4 aromatic rings. The van der Waals surface area contributed by atoms with Crippen LogP contribution in [0, 0.1) is 18.6 Å². The molecule has 0 N–H and O–H groups in total. The molecule has 1 aliphatic rings. The van der Waals surface area contributed by atoms with Crippen LogP contribution < -0.4 is 0 Å². The molecule has 0 nitrogen and oxygen atoms in total. The zero-order valence-electron chi connectivity index (χ0n) is 15.4. The minimum absolute atomic E-state index is 0.517. The average Bonchev–Trinajstić information content (AvgIpc) is 3.00. The van der Waals surface area contributed by atoms with Crippen LogP contribution in [0.2, 0.25) is 0 Å². The van der Waals surface area contributed by atoms with Gasteiger partial charge >= 0.3 is 0 Å². The van der Waals surface area contributed by atoms with Gasteiger partial charge in [0.15, 0.2) is 0 Å². The smallest absolute Gasteiger partial charge is 0.131 e. The van der Waals surface area contributed by atoms with Crippen molar-refractivity contribution in [2.75, 3.05) is 0 Å². The molecule has 0 aliphatic heterocycles. The van der Waals surface area contributed by atoms with E-state index in [9.17, 15) is 4.39 Å². The Hall–Kier alpha value is -3.26. The third-order valence-corrected chi connectivity index (χ3v) is 5.71. The number of fused-ring (bicyclic) bond motifs is 3. The lowest BCUT2D eigenvalue weighted by atomic mass is 9.67. The topological polar surface area (TPSA) is 0 Å². The monoisotopic (exact) mass is 368 g/mol. The third-order valence-electron chi connectivity index (χ3n) is 5.71. The summed E-state index contributed by atoms with van der Waals surface area (Å²) in [6.45, 7) is 2.00. The van der Waals surface area contributed by atoms with Crippen LogP contribution in [-0.2, 0) is 5.41 Å². The maximum Gasteiger partial charge on any atom is 0.131 e. The first-order valence-corrected chi connectivity index (χ1v) is 9.34. The van der Waals surface area contributed by atoms with Crippen LogP contribution in [-0.4, -0.2) is 0 Å². The highest BCUT2D eigenvalue weighted by Gasteiger charge is 2.48. The van der Waals surface area contributed by atoms with Gasteiger partial charge in [-0.1, -0.05) is 84.4 Å². The van der Waals surface area contributed by atoms with E-state index in [1.807, 2.05) is 79.7 Å². The Morgan fingerprint density at radius 3 is 1.86 bits per heavy atom. The zero-order valence-corrected chi connectivity index (χ0v) is 15.4. The molecule has 0 aromatic heterocycles. The van der Waals surface area contributed by atoms with E-state index in [4.69, 9.17) is 0 Å². The minimum atomic E-state index is -0.821. The summed E-state index contributed by atoms with van der Waals surface area (Å²) in [7, 11) is 0. The molecule has 0 amide bonds. The van der Waals surface area contributed by atoms with Crippen LogP contribution >= 0.6 is 0 Å². The van der Waals surface area contributed by atoms with E-state index in [-0.39, 0.29) is 0 Å². The lowest BCUT2D eigenvalue weighted by molar-refractivity contribution is 0.560. The normalized spacial score (nSPS) is 13.8. The summed E-state index contributed by atoms with van der Waals surface area (Å²) in [5, 5.41) is 0. The Labute approximate surface area is 163 Å². The molecule has 0 bridgehead atoms. The van der Waals surface area contributed by atoms with Crippen LogP contribution in [0.15, 0.2) is 91.0 Å². The first-order chi connectivity index (χ1) is 13.6. The Kier molecular flexibility index (Phi) is 3.70. The second-order valence-corrected chi connectivity index (χ2v) is 7.34. The fourth-order valence-corrected chi connectivity index (χ4v) is 4.65. The zero-order chi connectivity index (χ0) is 19.3. The molecular weight excluding hydrogens is 350 g/mol. The Morgan fingerprint density at radius 2 is 1.25 bits per heavy atom. The number of halogens is 2. The van der Waals surface area contributed by atoms with Crippen molar-refractivity contribution in [1.82, 2.24) is 0 Å². The van der Waals surface area contributed by atoms with E-state index in [1.165, 1.54) is 6.07 Å². The first kappa shape index (κ1) is 16.9. The van der Waals surface area contributed by atoms with Gasteiger partial charge in [0.25, 0.3) is 0 Å². The molecule has 0 unspecified atom stereocenters. The lowest BCUT2D eigenvalue weighted by Gasteiger charge is -2.34. The molecule has 136 valence electrons. The van der Waals surface area contributed by atoms with Crippen LogP contribution in [0.25, 0.3) is 11.1 Å². The maximum absolute atomic E-state index is 15.4. The summed E-state index contributed by atoms with van der Waals surface area (Å²) in [4.78, 5) is 0. The molecule has 2 heteroatoms. The van der Waals surface area contributed by atoms with Gasteiger partial charge < -0.3 is 0 Å². The second kappa shape index (κ2) is 6.13. The van der Waals surface area contributed by atoms with Gasteiger partial charge in [0.1, 0.15) is 11.6 Å². The van der Waals surface area contributed by atoms with Gasteiger partial charge in [0, 0.05) is 11.6 Å². The first-order valence-electron chi connectivity index (χ1n) is 9.34. The van der Waals surface area contributed by atoms with Gasteiger partial charge in [-0.25, -0.2) is 8.78 Å². The number of hydrogen-bond acceptors (Lipinski definition) is 0. The summed E-state index contributed by atoms with van der Waals surface area (Å²) in [6.07, 6.45) is 0. The van der Waals surface area contributed by atoms with Gasteiger partial charge in [-0.3, -0.25) is 0 Å². The highest BCUT2D eigenvalue weighted by atomic mass is 19.1. The SMILES string of the molecule is Cc1ccc2c(c1)-c1cc(F)cc(F)c1C2(c1ccccc1)c1ccccc1. The van der Waals surface area contributed by atoms with Crippen molar-refractivity contribution < 1.29 is 8.78 Å². The molecule has 0 heterocycles. The van der Waals surface area contributed by atoms with Crippen molar-refractivity contribution in [2.24, 2.45) is 0 Å². The van der Waals surface area contributed by atoms with E-state index in [2.05, 4.69) is 6.07 Å². The van der Waals surface area contributed by atoms with Crippen molar-refractivity contribution in [2.45, 2.75) is 12.3 Å². The van der Waals surface area contributed by atoms with Crippen molar-refractivity contribution in [3.05, 3.63) is 130 Å². The Morgan fingerprint density at radius 1 is 0.643 bits per heavy atom. The average molecular weight is 368 g/mol. The van der Waals surface area contributed by atoms with E-state index in [1.54, 1.807) is 0 Å². The molecule has 5 rings (SSSR count). The summed E-state index contributed by atoms with van der Waals surface area (Å²) in [5.41, 5.74) is 5.20. The standard InChI is InChI=1S/C26H18F2/c1-17-12-13-23-21(14-17)22-15-20(27)16-24(28)25(22)26(23,18-8-4-2-5-9-18)19-10-6-3-7-11-19/h2-16H,1H3. The maximum atomic E-state index is 15.4. The van der Waals surface area contributed by atoms with E-state index in [0.29, 0.717) is 11.1 Å². The van der Waals surface area contributed by atoms with Crippen molar-refractivity contribution in [3.8, 4) is 11.1 Å². The van der Waals surface area contributed by atoms with E-state index in [0.717, 1.165) is 33.9 Å². The van der Waals surface area contributed by atoms with Gasteiger partial charge in [0.05, 0.1) is 5.41 Å². The summed E-state index contributed by atoms with van der Waals surface area (Å²) >= 11 is 0. The highest BCUT2D eigenvalue weighted by Crippen LogP contribution is 2.57. The molecule has 0 saturated heterocycles. The summed E-state index contributed by atoms with van der Waals surface area (Å²) < 4.78 is 29.7. The number of benzene rings is 4. The Bertz CT molecular complexity index is 1140. The van der Waals surface area contributed by atoms with Gasteiger partial charge in [-0.05, 0) is 40.8 Å². The number of hydrogen-bond donors (Lipinski definition) is 0. The van der Waals surface area contributed by atoms with Crippen LogP contribution in [0.1, 0.15) is 27.8 Å². The van der Waals surface area contributed by atoms with Gasteiger partial charge in [0.2, 0.25) is 0 Å².